The second-order valence-corrected chi connectivity index (χ2v) is 3.55. The van der Waals surface area contributed by atoms with Crippen LogP contribution in [-0.2, 0) is 19.5 Å². The zero-order valence-electron chi connectivity index (χ0n) is 8.88. The summed E-state index contributed by atoms with van der Waals surface area (Å²) in [7, 11) is 0. The fourth-order valence-electron chi connectivity index (χ4n) is 1.39. The largest absolute Gasteiger partial charge is 0.430 e. The molecule has 1 heterocycles. The molecule has 0 amide bonds. The molecule has 0 unspecified atom stereocenters. The molecule has 3 nitrogen and oxygen atoms in total. The van der Waals surface area contributed by atoms with Crippen molar-refractivity contribution in [3.63, 3.8) is 0 Å². The van der Waals surface area contributed by atoms with E-state index >= 15 is 0 Å². The predicted octanol–water partition coefficient (Wildman–Crippen LogP) is 1.83. The van der Waals surface area contributed by atoms with Crippen molar-refractivity contribution in [2.45, 2.75) is 6.92 Å². The van der Waals surface area contributed by atoms with Crippen molar-refractivity contribution in [2.24, 2.45) is 0 Å². The van der Waals surface area contributed by atoms with E-state index in [4.69, 9.17) is 12.2 Å². The Morgan fingerprint density at radius 2 is 1.88 bits per heavy atom. The van der Waals surface area contributed by atoms with Crippen LogP contribution >= 0.6 is 12.2 Å². The Bertz CT molecular complexity index is 558. The van der Waals surface area contributed by atoms with Crippen LogP contribution in [0.2, 0.25) is 0 Å². The zero-order chi connectivity index (χ0) is 10.8. The standard InChI is InChI=1S/C11H10N2OS.Zn/c1-8-7-10(14)13(11(15)12-8)9-5-3-2-4-6-9;/h2-7H,1H3,(H,12,14,15);/p-1. The smallest absolute Gasteiger partial charge is 0.175 e. The Kier molecular flexibility index (Phi) is 4.33. The molecule has 0 bridgehead atoms. The molecule has 2 rings (SSSR count). The summed E-state index contributed by atoms with van der Waals surface area (Å²) in [6, 6.07) is 10.7. The summed E-state index contributed by atoms with van der Waals surface area (Å²) in [6.45, 7) is 1.76. The fraction of sp³-hybridized carbons (Fsp3) is 0.0909. The van der Waals surface area contributed by atoms with Gasteiger partial charge in [-0.15, -0.1) is 0 Å². The number of hydrogen-bond acceptors (Lipinski definition) is 2. The molecule has 1 aromatic heterocycles. The molecule has 0 aliphatic carbocycles. The van der Waals surface area contributed by atoms with E-state index in [1.165, 1.54) is 10.6 Å². The van der Waals surface area contributed by atoms with Crippen LogP contribution in [-0.4, -0.2) is 4.57 Å². The normalized spacial score (nSPS) is 9.56. The van der Waals surface area contributed by atoms with Gasteiger partial charge in [0.15, 0.2) is 5.56 Å². The number of rotatable bonds is 1. The first-order valence-electron chi connectivity index (χ1n) is 4.51. The molecule has 0 fully saturated rings. The molecular weight excluding hydrogens is 274 g/mol. The van der Waals surface area contributed by atoms with Crippen LogP contribution in [0.25, 0.3) is 5.69 Å². The maximum absolute atomic E-state index is 11.7. The predicted molar refractivity (Wildman–Crippen MR) is 60.9 cm³/mol. The average Bonchev–Trinajstić information content (AvgIpc) is 2.17. The quantitative estimate of drug-likeness (QED) is 0.591. The summed E-state index contributed by atoms with van der Waals surface area (Å²) in [5.41, 5.74) is 1.26. The van der Waals surface area contributed by atoms with Crippen molar-refractivity contribution < 1.29 is 19.5 Å². The molecule has 0 atom stereocenters. The molecule has 16 heavy (non-hydrogen) atoms. The van der Waals surface area contributed by atoms with Crippen LogP contribution in [0.4, 0.5) is 0 Å². The van der Waals surface area contributed by atoms with Crippen molar-refractivity contribution in [3.05, 3.63) is 57.2 Å². The molecule has 78 valence electrons. The van der Waals surface area contributed by atoms with Gasteiger partial charge in [-0.3, -0.25) is 4.79 Å². The summed E-state index contributed by atoms with van der Waals surface area (Å²) in [4.78, 5) is 15.8. The molecule has 5 heteroatoms. The molecule has 0 saturated heterocycles. The van der Waals surface area contributed by atoms with Gasteiger partial charge in [-0.05, 0) is 18.7 Å². The first kappa shape index (κ1) is 13.0. The Morgan fingerprint density at radius 3 is 2.44 bits per heavy atom. The molecular formula is C11H9N2OSZn-. The van der Waals surface area contributed by atoms with Gasteiger partial charge in [0.2, 0.25) is 0 Å². The van der Waals surface area contributed by atoms with Gasteiger partial charge in [0.1, 0.15) is 0 Å². The minimum atomic E-state index is -0.140. The maximum Gasteiger partial charge on any atom is 0.175 e. The van der Waals surface area contributed by atoms with Crippen LogP contribution in [0.5, 0.6) is 0 Å². The molecule has 0 saturated carbocycles. The van der Waals surface area contributed by atoms with E-state index in [1.54, 1.807) is 6.92 Å². The van der Waals surface area contributed by atoms with E-state index in [-0.39, 0.29) is 25.0 Å². The first-order valence-corrected chi connectivity index (χ1v) is 4.92. The fourth-order valence-corrected chi connectivity index (χ4v) is 1.72. The number of nitrogens with zero attached hydrogens (tertiary/aromatic N) is 2. The first-order chi connectivity index (χ1) is 7.18. The van der Waals surface area contributed by atoms with Gasteiger partial charge in [-0.25, -0.2) is 0 Å². The Labute approximate surface area is 111 Å². The van der Waals surface area contributed by atoms with Crippen LogP contribution in [0.15, 0.2) is 41.2 Å². The third-order valence-electron chi connectivity index (χ3n) is 2.03. The summed E-state index contributed by atoms with van der Waals surface area (Å²) in [5.74, 6) is 0. The summed E-state index contributed by atoms with van der Waals surface area (Å²) in [6.07, 6.45) is 0. The summed E-state index contributed by atoms with van der Waals surface area (Å²) >= 11 is 5.06. The molecule has 0 N–H and O–H groups in total. The number of hydrogen-bond donors (Lipinski definition) is 0. The average molecular weight is 283 g/mol. The minimum Gasteiger partial charge on any atom is -0.430 e. The third-order valence-corrected chi connectivity index (χ3v) is 2.30. The van der Waals surface area contributed by atoms with Crippen LogP contribution < -0.4 is 10.5 Å². The minimum absolute atomic E-state index is 0. The van der Waals surface area contributed by atoms with Crippen LogP contribution in [0, 0.1) is 11.7 Å². The topological polar surface area (TPSA) is 36.1 Å². The van der Waals surface area contributed by atoms with Crippen LogP contribution in [0.3, 0.4) is 0 Å². The van der Waals surface area contributed by atoms with Crippen molar-refractivity contribution in [2.75, 3.05) is 0 Å². The van der Waals surface area contributed by atoms with Crippen LogP contribution in [0.1, 0.15) is 5.69 Å². The van der Waals surface area contributed by atoms with Gasteiger partial charge < -0.3 is 9.55 Å². The molecule has 0 aliphatic rings. The molecule has 1 aromatic carbocycles. The summed E-state index contributed by atoms with van der Waals surface area (Å²) < 4.78 is 1.72. The second kappa shape index (κ2) is 5.33. The van der Waals surface area contributed by atoms with Gasteiger partial charge in [0.05, 0.1) is 0 Å². The van der Waals surface area contributed by atoms with Gasteiger partial charge in [0, 0.05) is 24.2 Å². The Hall–Kier alpha value is -1.06. The van der Waals surface area contributed by atoms with E-state index in [0.717, 1.165) is 5.69 Å². The van der Waals surface area contributed by atoms with Gasteiger partial charge in [0.25, 0.3) is 0 Å². The molecule has 2 aromatic rings. The zero-order valence-corrected chi connectivity index (χ0v) is 12.7. The number of aryl methyl sites for hydroxylation is 1. The van der Waals surface area contributed by atoms with E-state index in [9.17, 15) is 4.79 Å². The van der Waals surface area contributed by atoms with E-state index in [0.29, 0.717) is 10.5 Å². The van der Waals surface area contributed by atoms with Crippen molar-refractivity contribution in [1.82, 2.24) is 9.55 Å². The monoisotopic (exact) mass is 281 g/mol. The van der Waals surface area contributed by atoms with Crippen molar-refractivity contribution in [3.8, 4) is 5.69 Å². The Morgan fingerprint density at radius 1 is 1.25 bits per heavy atom. The van der Waals surface area contributed by atoms with E-state index in [2.05, 4.69) is 4.98 Å². The second-order valence-electron chi connectivity index (χ2n) is 3.19. The van der Waals surface area contributed by atoms with Crippen molar-refractivity contribution >= 4 is 12.2 Å². The number of aromatic nitrogens is 2. The maximum atomic E-state index is 11.7. The SMILES string of the molecule is Cc1cc(=O)n(-c2ccccc2)c(=S)[n-]1.[Zn]. The molecule has 0 radical (unpaired) electrons. The van der Waals surface area contributed by atoms with E-state index < -0.39 is 0 Å². The van der Waals surface area contributed by atoms with Gasteiger partial charge >= 0.3 is 0 Å². The third kappa shape index (κ3) is 2.54. The van der Waals surface area contributed by atoms with Gasteiger partial charge in [-0.2, -0.15) is 0 Å². The van der Waals surface area contributed by atoms with Gasteiger partial charge in [-0.1, -0.05) is 48.2 Å². The Balaban J connectivity index is 0.00000128. The number of para-hydroxylation sites is 1. The van der Waals surface area contributed by atoms with Crippen molar-refractivity contribution in [1.29, 1.82) is 0 Å². The molecule has 0 aliphatic heterocycles. The van der Waals surface area contributed by atoms with E-state index in [1.807, 2.05) is 30.3 Å². The summed E-state index contributed by atoms with van der Waals surface area (Å²) in [5, 5.41) is 0. The number of benzene rings is 1. The molecule has 0 spiro atoms.